The second-order valence-electron chi connectivity index (χ2n) is 6.95. The van der Waals surface area contributed by atoms with E-state index in [1.54, 1.807) is 31.4 Å². The lowest BCUT2D eigenvalue weighted by molar-refractivity contribution is 0.190. The molecule has 8 nitrogen and oxygen atoms in total. The summed E-state index contributed by atoms with van der Waals surface area (Å²) >= 11 is 0. The fourth-order valence-electron chi connectivity index (χ4n) is 2.96. The van der Waals surface area contributed by atoms with Gasteiger partial charge in [0.05, 0.1) is 19.4 Å². The van der Waals surface area contributed by atoms with Crippen LogP contribution in [0.15, 0.2) is 48.7 Å². The summed E-state index contributed by atoms with van der Waals surface area (Å²) < 4.78 is 51.8. The van der Waals surface area contributed by atoms with Gasteiger partial charge in [-0.1, -0.05) is 0 Å². The quantitative estimate of drug-likeness (QED) is 0.505. The number of amides is 2. The Bertz CT molecular complexity index is 1090. The van der Waals surface area contributed by atoms with Gasteiger partial charge in [-0.15, -0.1) is 0 Å². The summed E-state index contributed by atoms with van der Waals surface area (Å²) in [5.41, 5.74) is -0.466. The first-order chi connectivity index (χ1) is 15.8. The van der Waals surface area contributed by atoms with Gasteiger partial charge in [0.15, 0.2) is 11.6 Å². The van der Waals surface area contributed by atoms with Gasteiger partial charge in [0.2, 0.25) is 5.95 Å². The van der Waals surface area contributed by atoms with Gasteiger partial charge in [-0.25, -0.2) is 27.8 Å². The summed E-state index contributed by atoms with van der Waals surface area (Å²) in [5, 5.41) is 5.18. The van der Waals surface area contributed by atoms with E-state index in [1.807, 2.05) is 6.92 Å². The lowest BCUT2D eigenvalue weighted by Crippen LogP contribution is -2.32. The number of hydrogen-bond donors (Lipinski definition) is 2. The van der Waals surface area contributed by atoms with Gasteiger partial charge in [0.1, 0.15) is 23.1 Å². The van der Waals surface area contributed by atoms with E-state index in [4.69, 9.17) is 9.47 Å². The van der Waals surface area contributed by atoms with Crippen molar-refractivity contribution in [2.45, 2.75) is 13.0 Å². The molecule has 0 aliphatic rings. The number of nitrogens with zero attached hydrogens (tertiary/aromatic N) is 3. The first-order valence-electron chi connectivity index (χ1n) is 9.80. The normalized spacial score (nSPS) is 11.6. The molecule has 1 aromatic heterocycles. The molecule has 2 N–H and O–H groups in total. The summed E-state index contributed by atoms with van der Waals surface area (Å²) in [7, 11) is 3.04. The van der Waals surface area contributed by atoms with Crippen LogP contribution in [-0.4, -0.2) is 42.9 Å². The minimum absolute atomic E-state index is 0.114. The van der Waals surface area contributed by atoms with E-state index in [9.17, 15) is 18.0 Å². The molecular weight excluding hydrogens is 439 g/mol. The Morgan fingerprint density at radius 2 is 1.76 bits per heavy atom. The number of anilines is 4. The minimum Gasteiger partial charge on any atom is -0.497 e. The van der Waals surface area contributed by atoms with Crippen LogP contribution in [-0.2, 0) is 4.74 Å². The van der Waals surface area contributed by atoms with Crippen LogP contribution in [0, 0.1) is 17.5 Å². The van der Waals surface area contributed by atoms with E-state index in [2.05, 4.69) is 20.6 Å². The Kier molecular flexibility index (Phi) is 7.67. The zero-order valence-electron chi connectivity index (χ0n) is 18.1. The molecule has 3 rings (SSSR count). The summed E-state index contributed by atoms with van der Waals surface area (Å²) in [6.07, 6.45) is 1.42. The Morgan fingerprint density at radius 1 is 1.09 bits per heavy atom. The Hall–Kier alpha value is -3.86. The van der Waals surface area contributed by atoms with Gasteiger partial charge in [0, 0.05) is 37.5 Å². The van der Waals surface area contributed by atoms with Crippen molar-refractivity contribution in [1.29, 1.82) is 0 Å². The van der Waals surface area contributed by atoms with Crippen LogP contribution >= 0.6 is 0 Å². The molecule has 0 saturated carbocycles. The average molecular weight is 461 g/mol. The van der Waals surface area contributed by atoms with E-state index in [0.717, 1.165) is 4.90 Å². The summed E-state index contributed by atoms with van der Waals surface area (Å²) in [6.45, 7) is 2.24. The van der Waals surface area contributed by atoms with Crippen LogP contribution in [0.5, 0.6) is 5.75 Å². The Balaban J connectivity index is 1.99. The zero-order valence-corrected chi connectivity index (χ0v) is 18.1. The maximum absolute atomic E-state index is 14.1. The second-order valence-corrected chi connectivity index (χ2v) is 6.95. The third kappa shape index (κ3) is 5.89. The number of benzene rings is 2. The lowest BCUT2D eigenvalue weighted by atomic mass is 10.2. The molecule has 2 aromatic carbocycles. The predicted octanol–water partition coefficient (Wildman–Crippen LogP) is 4.72. The standard InChI is InChI=1S/C22H22F3N5O3/c1-13(12-32-2)27-21-26-9-8-19(28-21)30(15-4-6-16(33-3)7-5-15)22(31)29-20-17(24)10-14(23)11-18(20)25/h4-11,13H,12H2,1-3H3,(H,29,31)(H,26,27,28). The van der Waals surface area contributed by atoms with Gasteiger partial charge < -0.3 is 20.1 Å². The Morgan fingerprint density at radius 3 is 2.36 bits per heavy atom. The molecule has 0 aliphatic carbocycles. The number of carbonyl (C=O) groups is 1. The molecule has 0 radical (unpaired) electrons. The summed E-state index contributed by atoms with van der Waals surface area (Å²) in [4.78, 5) is 22.7. The maximum Gasteiger partial charge on any atom is 0.332 e. The molecule has 0 aliphatic heterocycles. The highest BCUT2D eigenvalue weighted by atomic mass is 19.1. The van der Waals surface area contributed by atoms with Crippen LogP contribution in [0.4, 0.5) is 41.1 Å². The van der Waals surface area contributed by atoms with Crippen molar-refractivity contribution in [2.75, 3.05) is 36.4 Å². The highest BCUT2D eigenvalue weighted by molar-refractivity contribution is 6.06. The largest absolute Gasteiger partial charge is 0.497 e. The van der Waals surface area contributed by atoms with E-state index in [-0.39, 0.29) is 17.8 Å². The van der Waals surface area contributed by atoms with Crippen LogP contribution in [0.25, 0.3) is 0 Å². The number of aromatic nitrogens is 2. The number of halogens is 3. The smallest absolute Gasteiger partial charge is 0.332 e. The van der Waals surface area contributed by atoms with Gasteiger partial charge in [-0.3, -0.25) is 0 Å². The van der Waals surface area contributed by atoms with Crippen molar-refractivity contribution in [2.24, 2.45) is 0 Å². The molecule has 1 heterocycles. The van der Waals surface area contributed by atoms with Crippen molar-refractivity contribution >= 4 is 29.2 Å². The number of hydrogen-bond acceptors (Lipinski definition) is 6. The first kappa shape index (κ1) is 23.8. The predicted molar refractivity (Wildman–Crippen MR) is 117 cm³/mol. The van der Waals surface area contributed by atoms with Crippen molar-refractivity contribution in [3.8, 4) is 5.75 Å². The number of urea groups is 1. The van der Waals surface area contributed by atoms with E-state index in [1.165, 1.54) is 19.4 Å². The Labute approximate surface area is 188 Å². The number of ether oxygens (including phenoxy) is 2. The van der Waals surface area contributed by atoms with Crippen molar-refractivity contribution in [3.05, 3.63) is 66.1 Å². The van der Waals surface area contributed by atoms with Crippen molar-refractivity contribution in [3.63, 3.8) is 0 Å². The van der Waals surface area contributed by atoms with Crippen LogP contribution in [0.3, 0.4) is 0 Å². The van der Waals surface area contributed by atoms with Gasteiger partial charge in [-0.2, -0.15) is 4.98 Å². The molecule has 11 heteroatoms. The number of carbonyl (C=O) groups excluding carboxylic acids is 1. The fourth-order valence-corrected chi connectivity index (χ4v) is 2.96. The van der Waals surface area contributed by atoms with E-state index < -0.39 is 29.2 Å². The minimum atomic E-state index is -1.26. The van der Waals surface area contributed by atoms with Crippen LogP contribution < -0.4 is 20.3 Å². The topological polar surface area (TPSA) is 88.6 Å². The van der Waals surface area contributed by atoms with E-state index >= 15 is 0 Å². The molecule has 0 saturated heterocycles. The molecule has 0 fully saturated rings. The number of rotatable bonds is 8. The van der Waals surface area contributed by atoms with E-state index in [0.29, 0.717) is 30.2 Å². The van der Waals surface area contributed by atoms with Gasteiger partial charge in [0.25, 0.3) is 0 Å². The van der Waals surface area contributed by atoms with Gasteiger partial charge in [-0.05, 0) is 31.2 Å². The zero-order chi connectivity index (χ0) is 24.0. The molecule has 1 atom stereocenters. The third-order valence-corrected chi connectivity index (χ3v) is 4.43. The highest BCUT2D eigenvalue weighted by Crippen LogP contribution is 2.29. The summed E-state index contributed by atoms with van der Waals surface area (Å²) in [5.74, 6) is -2.76. The third-order valence-electron chi connectivity index (χ3n) is 4.43. The summed E-state index contributed by atoms with van der Waals surface area (Å²) in [6, 6.07) is 7.69. The molecular formula is C22H22F3N5O3. The molecule has 3 aromatic rings. The first-order valence-corrected chi connectivity index (χ1v) is 9.80. The molecule has 33 heavy (non-hydrogen) atoms. The lowest BCUT2D eigenvalue weighted by Gasteiger charge is -2.23. The molecule has 0 bridgehead atoms. The number of methoxy groups -OCH3 is 2. The SMILES string of the molecule is COCC(C)Nc1nccc(N(C(=O)Nc2c(F)cc(F)cc2F)c2ccc(OC)cc2)n1. The average Bonchev–Trinajstić information content (AvgIpc) is 2.77. The maximum atomic E-state index is 14.1. The molecule has 2 amide bonds. The number of nitrogens with one attached hydrogen (secondary N) is 2. The van der Waals surface area contributed by atoms with Crippen LogP contribution in [0.2, 0.25) is 0 Å². The monoisotopic (exact) mass is 461 g/mol. The fraction of sp³-hybridized carbons (Fsp3) is 0.227. The second kappa shape index (κ2) is 10.6. The van der Waals surface area contributed by atoms with Crippen molar-refractivity contribution in [1.82, 2.24) is 9.97 Å². The highest BCUT2D eigenvalue weighted by Gasteiger charge is 2.23. The molecule has 0 spiro atoms. The van der Waals surface area contributed by atoms with Gasteiger partial charge >= 0.3 is 6.03 Å². The van der Waals surface area contributed by atoms with Crippen molar-refractivity contribution < 1.29 is 27.4 Å². The van der Waals surface area contributed by atoms with Crippen LogP contribution in [0.1, 0.15) is 6.92 Å². The molecule has 174 valence electrons. The molecule has 1 unspecified atom stereocenters.